The van der Waals surface area contributed by atoms with E-state index in [9.17, 15) is 9.18 Å². The molecule has 0 atom stereocenters. The van der Waals surface area contributed by atoms with Crippen molar-refractivity contribution in [2.45, 2.75) is 46.3 Å². The van der Waals surface area contributed by atoms with E-state index in [1.165, 1.54) is 6.07 Å². The van der Waals surface area contributed by atoms with Crippen molar-refractivity contribution in [3.05, 3.63) is 33.1 Å². The van der Waals surface area contributed by atoms with Crippen LogP contribution in [-0.2, 0) is 11.3 Å². The van der Waals surface area contributed by atoms with Crippen LogP contribution in [0.15, 0.2) is 18.2 Å². The summed E-state index contributed by atoms with van der Waals surface area (Å²) in [5.74, 6) is -0.242. The monoisotopic (exact) mass is 393 g/mol. The Labute approximate surface area is 133 Å². The highest BCUT2D eigenvalue weighted by Crippen LogP contribution is 2.16. The maximum Gasteiger partial charge on any atom is 0.410 e. The summed E-state index contributed by atoms with van der Waals surface area (Å²) in [4.78, 5) is 13.8. The lowest BCUT2D eigenvalue weighted by Crippen LogP contribution is -2.36. The van der Waals surface area contributed by atoms with Crippen LogP contribution in [0, 0.1) is 9.39 Å². The van der Waals surface area contributed by atoms with Gasteiger partial charge < -0.3 is 9.64 Å². The van der Waals surface area contributed by atoms with Gasteiger partial charge in [-0.25, -0.2) is 9.18 Å². The number of carbonyl (C=O) groups excluding carboxylic acids is 1. The standard InChI is InChI=1S/C15H21FINO2/c1-5-8-18(14(19)20-15(2,3)4)10-11-6-7-12(16)13(17)9-11/h6-7,9H,5,8,10H2,1-4H3. The molecule has 1 rings (SSSR count). The average molecular weight is 393 g/mol. The number of hydrogen-bond acceptors (Lipinski definition) is 2. The second kappa shape index (κ2) is 7.24. The van der Waals surface area contributed by atoms with E-state index in [1.54, 1.807) is 17.0 Å². The molecule has 0 aliphatic carbocycles. The van der Waals surface area contributed by atoms with Crippen molar-refractivity contribution in [3.63, 3.8) is 0 Å². The Kier molecular flexibility index (Phi) is 6.23. The van der Waals surface area contributed by atoms with Gasteiger partial charge in [-0.05, 0) is 67.5 Å². The predicted molar refractivity (Wildman–Crippen MR) is 86.1 cm³/mol. The lowest BCUT2D eigenvalue weighted by atomic mass is 10.2. The molecule has 3 nitrogen and oxygen atoms in total. The summed E-state index contributed by atoms with van der Waals surface area (Å²) in [7, 11) is 0. The van der Waals surface area contributed by atoms with Crippen LogP contribution in [0.1, 0.15) is 39.7 Å². The number of ether oxygens (including phenoxy) is 1. The first kappa shape index (κ1) is 17.2. The summed E-state index contributed by atoms with van der Waals surface area (Å²) in [6.07, 6.45) is 0.510. The Morgan fingerprint density at radius 2 is 2.05 bits per heavy atom. The highest BCUT2D eigenvalue weighted by molar-refractivity contribution is 14.1. The van der Waals surface area contributed by atoms with E-state index in [-0.39, 0.29) is 11.9 Å². The van der Waals surface area contributed by atoms with Crippen molar-refractivity contribution in [2.24, 2.45) is 0 Å². The lowest BCUT2D eigenvalue weighted by molar-refractivity contribution is 0.0233. The minimum atomic E-state index is -0.514. The lowest BCUT2D eigenvalue weighted by Gasteiger charge is -2.27. The van der Waals surface area contributed by atoms with E-state index in [0.717, 1.165) is 12.0 Å². The van der Waals surface area contributed by atoms with Gasteiger partial charge in [0, 0.05) is 16.7 Å². The fourth-order valence-electron chi connectivity index (χ4n) is 1.69. The van der Waals surface area contributed by atoms with Crippen LogP contribution in [0.25, 0.3) is 0 Å². The van der Waals surface area contributed by atoms with Crippen LogP contribution in [0.5, 0.6) is 0 Å². The van der Waals surface area contributed by atoms with Gasteiger partial charge in [0.1, 0.15) is 11.4 Å². The molecule has 1 amide bonds. The van der Waals surface area contributed by atoms with E-state index in [1.807, 2.05) is 50.3 Å². The topological polar surface area (TPSA) is 29.5 Å². The third-order valence-electron chi connectivity index (χ3n) is 2.50. The third-order valence-corrected chi connectivity index (χ3v) is 3.33. The Morgan fingerprint density at radius 3 is 2.55 bits per heavy atom. The molecule has 20 heavy (non-hydrogen) atoms. The van der Waals surface area contributed by atoms with Gasteiger partial charge in [0.05, 0.1) is 0 Å². The number of rotatable bonds is 4. The zero-order valence-electron chi connectivity index (χ0n) is 12.4. The van der Waals surface area contributed by atoms with Crippen molar-refractivity contribution >= 4 is 28.7 Å². The number of amides is 1. The smallest absolute Gasteiger partial charge is 0.410 e. The van der Waals surface area contributed by atoms with E-state index in [4.69, 9.17) is 4.74 Å². The Morgan fingerprint density at radius 1 is 1.40 bits per heavy atom. The largest absolute Gasteiger partial charge is 0.444 e. The van der Waals surface area contributed by atoms with Gasteiger partial charge in [-0.15, -0.1) is 0 Å². The summed E-state index contributed by atoms with van der Waals surface area (Å²) in [6.45, 7) is 8.58. The minimum absolute atomic E-state index is 0.242. The second-order valence-corrected chi connectivity index (χ2v) is 6.81. The molecule has 0 saturated heterocycles. The van der Waals surface area contributed by atoms with Gasteiger partial charge in [-0.3, -0.25) is 0 Å². The maximum atomic E-state index is 13.3. The minimum Gasteiger partial charge on any atom is -0.444 e. The number of halogens is 2. The molecule has 112 valence electrons. The molecule has 0 fully saturated rings. The normalized spacial score (nSPS) is 11.3. The first-order chi connectivity index (χ1) is 9.23. The Balaban J connectivity index is 2.80. The molecular formula is C15H21FINO2. The van der Waals surface area contributed by atoms with Crippen molar-refractivity contribution in [1.29, 1.82) is 0 Å². The molecular weight excluding hydrogens is 372 g/mol. The highest BCUT2D eigenvalue weighted by Gasteiger charge is 2.21. The summed E-state index contributed by atoms with van der Waals surface area (Å²) in [5.41, 5.74) is 0.385. The number of nitrogens with zero attached hydrogens (tertiary/aromatic N) is 1. The molecule has 0 radical (unpaired) electrons. The Bertz CT molecular complexity index is 471. The van der Waals surface area contributed by atoms with Crippen LogP contribution < -0.4 is 0 Å². The van der Waals surface area contributed by atoms with E-state index in [0.29, 0.717) is 16.7 Å². The predicted octanol–water partition coefficient (Wildman–Crippen LogP) is 4.58. The molecule has 0 unspecified atom stereocenters. The van der Waals surface area contributed by atoms with Crippen LogP contribution in [0.4, 0.5) is 9.18 Å². The Hall–Kier alpha value is -0.850. The van der Waals surface area contributed by atoms with Crippen LogP contribution in [0.3, 0.4) is 0 Å². The van der Waals surface area contributed by atoms with Crippen molar-refractivity contribution in [2.75, 3.05) is 6.54 Å². The summed E-state index contributed by atoms with van der Waals surface area (Å²) < 4.78 is 19.2. The fourth-order valence-corrected chi connectivity index (χ4v) is 2.27. The van der Waals surface area contributed by atoms with Gasteiger partial charge in [-0.1, -0.05) is 13.0 Å². The quantitative estimate of drug-likeness (QED) is 0.701. The molecule has 0 N–H and O–H groups in total. The fraction of sp³-hybridized carbons (Fsp3) is 0.533. The zero-order valence-corrected chi connectivity index (χ0v) is 14.5. The van der Waals surface area contributed by atoms with E-state index in [2.05, 4.69) is 0 Å². The maximum absolute atomic E-state index is 13.3. The summed E-state index contributed by atoms with van der Waals surface area (Å²) >= 11 is 1.95. The average Bonchev–Trinajstić information content (AvgIpc) is 2.31. The van der Waals surface area contributed by atoms with Crippen LogP contribution in [-0.4, -0.2) is 23.1 Å². The molecule has 0 aliphatic rings. The van der Waals surface area contributed by atoms with Gasteiger partial charge in [-0.2, -0.15) is 0 Å². The van der Waals surface area contributed by atoms with Gasteiger partial charge in [0.25, 0.3) is 0 Å². The van der Waals surface area contributed by atoms with Crippen molar-refractivity contribution in [3.8, 4) is 0 Å². The van der Waals surface area contributed by atoms with Crippen molar-refractivity contribution in [1.82, 2.24) is 4.90 Å². The molecule has 0 heterocycles. The molecule has 0 bridgehead atoms. The van der Waals surface area contributed by atoms with E-state index >= 15 is 0 Å². The van der Waals surface area contributed by atoms with Crippen molar-refractivity contribution < 1.29 is 13.9 Å². The molecule has 1 aromatic carbocycles. The molecule has 1 aromatic rings. The summed E-state index contributed by atoms with van der Waals surface area (Å²) in [5, 5.41) is 0. The molecule has 0 saturated carbocycles. The zero-order chi connectivity index (χ0) is 15.3. The highest BCUT2D eigenvalue weighted by atomic mass is 127. The van der Waals surface area contributed by atoms with Crippen LogP contribution >= 0.6 is 22.6 Å². The second-order valence-electron chi connectivity index (χ2n) is 5.65. The number of benzene rings is 1. The number of hydrogen-bond donors (Lipinski definition) is 0. The van der Waals surface area contributed by atoms with Gasteiger partial charge >= 0.3 is 6.09 Å². The molecule has 0 aromatic heterocycles. The first-order valence-electron chi connectivity index (χ1n) is 6.65. The van der Waals surface area contributed by atoms with Gasteiger partial charge in [0.2, 0.25) is 0 Å². The SMILES string of the molecule is CCCN(Cc1ccc(F)c(I)c1)C(=O)OC(C)(C)C. The third kappa shape index (κ3) is 5.64. The number of carbonyl (C=O) groups is 1. The van der Waals surface area contributed by atoms with Gasteiger partial charge in [0.15, 0.2) is 0 Å². The van der Waals surface area contributed by atoms with Crippen LogP contribution in [0.2, 0.25) is 0 Å². The first-order valence-corrected chi connectivity index (χ1v) is 7.72. The molecule has 0 aliphatic heterocycles. The molecule has 0 spiro atoms. The summed E-state index contributed by atoms with van der Waals surface area (Å²) in [6, 6.07) is 4.88. The van der Waals surface area contributed by atoms with E-state index < -0.39 is 5.60 Å². The molecule has 5 heteroatoms.